The minimum atomic E-state index is -0.0270. The normalized spacial score (nSPS) is 14.0. The number of nitrogens with zero attached hydrogens (tertiary/aromatic N) is 4. The van der Waals surface area contributed by atoms with E-state index in [4.69, 9.17) is 33.2 Å². The molecule has 0 atom stereocenters. The van der Waals surface area contributed by atoms with Gasteiger partial charge in [0.1, 0.15) is 11.6 Å². The van der Waals surface area contributed by atoms with Gasteiger partial charge in [0, 0.05) is 49.4 Å². The molecule has 1 aliphatic rings. The van der Waals surface area contributed by atoms with Crippen LogP contribution in [0.3, 0.4) is 0 Å². The lowest BCUT2D eigenvalue weighted by atomic mass is 10.0. The number of hydrogen-bond acceptors (Lipinski definition) is 4. The fraction of sp³-hybridized carbons (Fsp3) is 0.320. The SMILES string of the molecule is CCc1nc(C)nc(N2CCN(C(=O)c3ccc(Cl)c(Cl)c3)CC2)c1Cc1ccccc1. The number of rotatable bonds is 5. The molecule has 0 spiro atoms. The third-order valence-corrected chi connectivity index (χ3v) is 6.51. The molecule has 0 unspecified atom stereocenters. The van der Waals surface area contributed by atoms with E-state index < -0.39 is 0 Å². The van der Waals surface area contributed by atoms with Crippen LogP contribution in [0.15, 0.2) is 48.5 Å². The average Bonchev–Trinajstić information content (AvgIpc) is 2.82. The summed E-state index contributed by atoms with van der Waals surface area (Å²) in [5, 5.41) is 0.843. The average molecular weight is 469 g/mol. The van der Waals surface area contributed by atoms with Crippen LogP contribution in [0.4, 0.5) is 5.82 Å². The van der Waals surface area contributed by atoms with Crippen molar-refractivity contribution in [2.45, 2.75) is 26.7 Å². The van der Waals surface area contributed by atoms with Gasteiger partial charge in [0.25, 0.3) is 5.91 Å². The van der Waals surface area contributed by atoms with Crippen LogP contribution in [0.2, 0.25) is 10.0 Å². The van der Waals surface area contributed by atoms with Crippen molar-refractivity contribution in [1.29, 1.82) is 0 Å². The summed E-state index contributed by atoms with van der Waals surface area (Å²) in [5.74, 6) is 1.74. The molecular formula is C25H26Cl2N4O. The monoisotopic (exact) mass is 468 g/mol. The van der Waals surface area contributed by atoms with Crippen molar-refractivity contribution in [3.63, 3.8) is 0 Å². The van der Waals surface area contributed by atoms with Crippen LogP contribution >= 0.6 is 23.2 Å². The van der Waals surface area contributed by atoms with Crippen LogP contribution in [0, 0.1) is 6.92 Å². The molecule has 32 heavy (non-hydrogen) atoms. The molecule has 4 rings (SSSR count). The van der Waals surface area contributed by atoms with Gasteiger partial charge in [-0.1, -0.05) is 60.5 Å². The molecule has 0 N–H and O–H groups in total. The van der Waals surface area contributed by atoms with E-state index in [1.807, 2.05) is 17.9 Å². The molecule has 0 aliphatic carbocycles. The van der Waals surface area contributed by atoms with Crippen LogP contribution in [-0.2, 0) is 12.8 Å². The van der Waals surface area contributed by atoms with Crippen molar-refractivity contribution in [2.24, 2.45) is 0 Å². The standard InChI is InChI=1S/C25H26Cl2N4O/c1-3-23-20(15-18-7-5-4-6-8-18)24(29-17(2)28-23)30-11-13-31(14-12-30)25(32)19-9-10-21(26)22(27)16-19/h4-10,16H,3,11-15H2,1-2H3. The highest BCUT2D eigenvalue weighted by Gasteiger charge is 2.26. The van der Waals surface area contributed by atoms with Gasteiger partial charge in [-0.3, -0.25) is 4.79 Å². The van der Waals surface area contributed by atoms with E-state index >= 15 is 0 Å². The van der Waals surface area contributed by atoms with E-state index in [1.54, 1.807) is 18.2 Å². The Morgan fingerprint density at radius 2 is 1.69 bits per heavy atom. The number of aromatic nitrogens is 2. The number of carbonyl (C=O) groups excluding carboxylic acids is 1. The summed E-state index contributed by atoms with van der Waals surface area (Å²) in [7, 11) is 0. The first kappa shape index (κ1) is 22.6. The molecule has 5 nitrogen and oxygen atoms in total. The molecule has 2 heterocycles. The Morgan fingerprint density at radius 1 is 0.969 bits per heavy atom. The fourth-order valence-electron chi connectivity index (χ4n) is 4.11. The maximum atomic E-state index is 12.9. The molecule has 166 valence electrons. The van der Waals surface area contributed by atoms with E-state index in [0.29, 0.717) is 41.8 Å². The zero-order chi connectivity index (χ0) is 22.7. The fourth-order valence-corrected chi connectivity index (χ4v) is 4.40. The lowest BCUT2D eigenvalue weighted by Crippen LogP contribution is -2.49. The Kier molecular flexibility index (Phi) is 6.97. The first-order valence-electron chi connectivity index (χ1n) is 10.9. The second kappa shape index (κ2) is 9.88. The number of carbonyl (C=O) groups is 1. The molecule has 1 amide bonds. The minimum Gasteiger partial charge on any atom is -0.353 e. The highest BCUT2D eigenvalue weighted by atomic mass is 35.5. The van der Waals surface area contributed by atoms with Gasteiger partial charge < -0.3 is 9.80 Å². The molecule has 1 aromatic heterocycles. The summed E-state index contributed by atoms with van der Waals surface area (Å²) in [6.45, 7) is 6.75. The molecule has 7 heteroatoms. The number of aryl methyl sites for hydroxylation is 2. The van der Waals surface area contributed by atoms with Crippen molar-refractivity contribution in [3.05, 3.63) is 86.8 Å². The highest BCUT2D eigenvalue weighted by Crippen LogP contribution is 2.27. The molecule has 1 saturated heterocycles. The smallest absolute Gasteiger partial charge is 0.254 e. The Labute approximate surface area is 199 Å². The second-order valence-corrected chi connectivity index (χ2v) is 8.76. The van der Waals surface area contributed by atoms with Gasteiger partial charge in [0.05, 0.1) is 10.0 Å². The summed E-state index contributed by atoms with van der Waals surface area (Å²) >= 11 is 12.1. The molecule has 0 bridgehead atoms. The highest BCUT2D eigenvalue weighted by molar-refractivity contribution is 6.42. The molecule has 3 aromatic rings. The topological polar surface area (TPSA) is 49.3 Å². The molecule has 0 radical (unpaired) electrons. The number of benzene rings is 2. The summed E-state index contributed by atoms with van der Waals surface area (Å²) < 4.78 is 0. The summed E-state index contributed by atoms with van der Waals surface area (Å²) in [4.78, 5) is 26.6. The third kappa shape index (κ3) is 4.89. The Balaban J connectivity index is 1.54. The van der Waals surface area contributed by atoms with Gasteiger partial charge in [0.15, 0.2) is 0 Å². The van der Waals surface area contributed by atoms with Crippen molar-refractivity contribution in [2.75, 3.05) is 31.1 Å². The lowest BCUT2D eigenvalue weighted by Gasteiger charge is -2.36. The van der Waals surface area contributed by atoms with Gasteiger partial charge in [-0.05, 0) is 37.1 Å². The Bertz CT molecular complexity index is 1110. The third-order valence-electron chi connectivity index (χ3n) is 5.77. The number of amides is 1. The van der Waals surface area contributed by atoms with E-state index in [2.05, 4.69) is 36.1 Å². The van der Waals surface area contributed by atoms with Gasteiger partial charge in [0.2, 0.25) is 0 Å². The molecular weight excluding hydrogens is 443 g/mol. The summed E-state index contributed by atoms with van der Waals surface area (Å²) in [6.07, 6.45) is 1.65. The van der Waals surface area contributed by atoms with Gasteiger partial charge >= 0.3 is 0 Å². The number of halogens is 2. The molecule has 2 aromatic carbocycles. The van der Waals surface area contributed by atoms with Crippen LogP contribution in [0.1, 0.15) is 39.9 Å². The van der Waals surface area contributed by atoms with Crippen molar-refractivity contribution in [1.82, 2.24) is 14.9 Å². The van der Waals surface area contributed by atoms with E-state index in [9.17, 15) is 4.79 Å². The first-order valence-corrected chi connectivity index (χ1v) is 11.6. The van der Waals surface area contributed by atoms with E-state index in [1.165, 1.54) is 11.1 Å². The van der Waals surface area contributed by atoms with Crippen LogP contribution in [0.5, 0.6) is 0 Å². The first-order chi connectivity index (χ1) is 15.5. The molecule has 0 saturated carbocycles. The number of anilines is 1. The number of piperazine rings is 1. The second-order valence-electron chi connectivity index (χ2n) is 7.94. The minimum absolute atomic E-state index is 0.0270. The van der Waals surface area contributed by atoms with Crippen LogP contribution in [-0.4, -0.2) is 47.0 Å². The Hall–Kier alpha value is -2.63. The summed E-state index contributed by atoms with van der Waals surface area (Å²) in [6, 6.07) is 15.4. The van der Waals surface area contributed by atoms with Crippen LogP contribution in [0.25, 0.3) is 0 Å². The van der Waals surface area contributed by atoms with Gasteiger partial charge in [-0.2, -0.15) is 0 Å². The van der Waals surface area contributed by atoms with E-state index in [-0.39, 0.29) is 5.91 Å². The maximum absolute atomic E-state index is 12.9. The van der Waals surface area contributed by atoms with Crippen LogP contribution < -0.4 is 4.90 Å². The zero-order valence-electron chi connectivity index (χ0n) is 18.3. The van der Waals surface area contributed by atoms with Crippen molar-refractivity contribution in [3.8, 4) is 0 Å². The van der Waals surface area contributed by atoms with Gasteiger partial charge in [-0.15, -0.1) is 0 Å². The van der Waals surface area contributed by atoms with Crippen molar-refractivity contribution >= 4 is 34.9 Å². The predicted octanol–water partition coefficient (Wildman–Crippen LogP) is 5.21. The largest absolute Gasteiger partial charge is 0.353 e. The predicted molar refractivity (Wildman–Crippen MR) is 130 cm³/mol. The maximum Gasteiger partial charge on any atom is 0.254 e. The Morgan fingerprint density at radius 3 is 2.34 bits per heavy atom. The van der Waals surface area contributed by atoms with Crippen molar-refractivity contribution < 1.29 is 4.79 Å². The molecule has 1 fully saturated rings. The van der Waals surface area contributed by atoms with E-state index in [0.717, 1.165) is 30.2 Å². The quantitative estimate of drug-likeness (QED) is 0.515. The lowest BCUT2D eigenvalue weighted by molar-refractivity contribution is 0.0746. The number of hydrogen-bond donors (Lipinski definition) is 0. The zero-order valence-corrected chi connectivity index (χ0v) is 19.8. The summed E-state index contributed by atoms with van der Waals surface area (Å²) in [5.41, 5.74) is 4.06. The molecule has 1 aliphatic heterocycles. The van der Waals surface area contributed by atoms with Gasteiger partial charge in [-0.25, -0.2) is 9.97 Å².